The van der Waals surface area contributed by atoms with Gasteiger partial charge >= 0.3 is 0 Å². The summed E-state index contributed by atoms with van der Waals surface area (Å²) in [4.78, 5) is 11.4. The zero-order valence-electron chi connectivity index (χ0n) is 7.43. The summed E-state index contributed by atoms with van der Waals surface area (Å²) < 4.78 is 0.609. The van der Waals surface area contributed by atoms with Gasteiger partial charge in [-0.15, -0.1) is 11.3 Å². The van der Waals surface area contributed by atoms with Crippen LogP contribution in [0.2, 0.25) is 4.34 Å². The molecule has 1 heterocycles. The molecule has 0 aliphatic carbocycles. The summed E-state index contributed by atoms with van der Waals surface area (Å²) in [5.41, 5.74) is 1.36. The Balaban J connectivity index is 2.71. The van der Waals surface area contributed by atoms with Gasteiger partial charge < -0.3 is 5.32 Å². The second-order valence-electron chi connectivity index (χ2n) is 2.53. The number of allylic oxidation sites excluding steroid dienone is 1. The summed E-state index contributed by atoms with van der Waals surface area (Å²) in [6.07, 6.45) is 1.76. The Morgan fingerprint density at radius 2 is 2.38 bits per heavy atom. The summed E-state index contributed by atoms with van der Waals surface area (Å²) in [5, 5.41) is 4.55. The van der Waals surface area contributed by atoms with Crippen molar-refractivity contribution in [2.45, 2.75) is 13.8 Å². The van der Waals surface area contributed by atoms with Crippen molar-refractivity contribution in [1.29, 1.82) is 0 Å². The SMILES string of the molecule is C/C=C(/C)C(=O)Nc1ccsc1Cl. The Hall–Kier alpha value is -0.800. The van der Waals surface area contributed by atoms with Crippen molar-refractivity contribution in [2.24, 2.45) is 0 Å². The van der Waals surface area contributed by atoms with E-state index < -0.39 is 0 Å². The van der Waals surface area contributed by atoms with E-state index >= 15 is 0 Å². The lowest BCUT2D eigenvalue weighted by Crippen LogP contribution is -2.11. The van der Waals surface area contributed by atoms with Gasteiger partial charge in [-0.1, -0.05) is 17.7 Å². The summed E-state index contributed by atoms with van der Waals surface area (Å²) in [6, 6.07) is 1.79. The second-order valence-corrected chi connectivity index (χ2v) is 4.05. The van der Waals surface area contributed by atoms with Crippen LogP contribution in [0.3, 0.4) is 0 Å². The van der Waals surface area contributed by atoms with Crippen LogP contribution in [0.5, 0.6) is 0 Å². The van der Waals surface area contributed by atoms with Crippen molar-refractivity contribution in [3.05, 3.63) is 27.4 Å². The van der Waals surface area contributed by atoms with Crippen LogP contribution < -0.4 is 5.32 Å². The van der Waals surface area contributed by atoms with E-state index in [1.807, 2.05) is 12.3 Å². The van der Waals surface area contributed by atoms with Crippen molar-refractivity contribution >= 4 is 34.5 Å². The molecule has 1 aromatic rings. The maximum absolute atomic E-state index is 11.4. The average Bonchev–Trinajstić information content (AvgIpc) is 2.50. The van der Waals surface area contributed by atoms with Gasteiger partial charge in [-0.05, 0) is 25.3 Å². The first-order valence-electron chi connectivity index (χ1n) is 3.82. The predicted molar refractivity (Wildman–Crippen MR) is 57.4 cm³/mol. The third-order valence-electron chi connectivity index (χ3n) is 1.66. The first-order valence-corrected chi connectivity index (χ1v) is 5.08. The molecule has 1 amide bonds. The van der Waals surface area contributed by atoms with Crippen LogP contribution in [0.15, 0.2) is 23.1 Å². The first kappa shape index (κ1) is 10.3. The molecule has 0 aliphatic rings. The van der Waals surface area contributed by atoms with Crippen LogP contribution in [0.1, 0.15) is 13.8 Å². The summed E-state index contributed by atoms with van der Waals surface area (Å²) in [5.74, 6) is -0.109. The van der Waals surface area contributed by atoms with Gasteiger partial charge in [-0.2, -0.15) is 0 Å². The molecule has 1 aromatic heterocycles. The summed E-state index contributed by atoms with van der Waals surface area (Å²) in [7, 11) is 0. The van der Waals surface area contributed by atoms with Crippen molar-refractivity contribution in [2.75, 3.05) is 5.32 Å². The maximum atomic E-state index is 11.4. The molecule has 0 aromatic carbocycles. The number of rotatable bonds is 2. The molecule has 70 valence electrons. The van der Waals surface area contributed by atoms with Crippen molar-refractivity contribution in [3.8, 4) is 0 Å². The topological polar surface area (TPSA) is 29.1 Å². The Bertz CT molecular complexity index is 343. The van der Waals surface area contributed by atoms with E-state index in [-0.39, 0.29) is 5.91 Å². The molecule has 0 aliphatic heterocycles. The average molecular weight is 216 g/mol. The molecule has 0 fully saturated rings. The van der Waals surface area contributed by atoms with Crippen LogP contribution in [-0.2, 0) is 4.79 Å². The van der Waals surface area contributed by atoms with E-state index in [4.69, 9.17) is 11.6 Å². The number of hydrogen-bond donors (Lipinski definition) is 1. The van der Waals surface area contributed by atoms with Crippen LogP contribution in [-0.4, -0.2) is 5.91 Å². The van der Waals surface area contributed by atoms with Crippen LogP contribution in [0.4, 0.5) is 5.69 Å². The molecule has 0 unspecified atom stereocenters. The highest BCUT2D eigenvalue weighted by Crippen LogP contribution is 2.27. The van der Waals surface area contributed by atoms with Crippen LogP contribution in [0.25, 0.3) is 0 Å². The number of carbonyl (C=O) groups excluding carboxylic acids is 1. The number of carbonyl (C=O) groups is 1. The molecule has 0 bridgehead atoms. The van der Waals surface area contributed by atoms with Gasteiger partial charge in [0.25, 0.3) is 5.91 Å². The van der Waals surface area contributed by atoms with Gasteiger partial charge in [0, 0.05) is 5.57 Å². The zero-order chi connectivity index (χ0) is 9.84. The second kappa shape index (κ2) is 4.44. The van der Waals surface area contributed by atoms with Crippen molar-refractivity contribution < 1.29 is 4.79 Å². The minimum Gasteiger partial charge on any atom is -0.320 e. The third-order valence-corrected chi connectivity index (χ3v) is 2.83. The highest BCUT2D eigenvalue weighted by atomic mass is 35.5. The predicted octanol–water partition coefficient (Wildman–Crippen LogP) is 3.31. The zero-order valence-corrected chi connectivity index (χ0v) is 9.00. The molecule has 0 saturated carbocycles. The third kappa shape index (κ3) is 2.57. The van der Waals surface area contributed by atoms with Crippen molar-refractivity contribution in [1.82, 2.24) is 0 Å². The molecule has 2 nitrogen and oxygen atoms in total. The summed E-state index contributed by atoms with van der Waals surface area (Å²) in [6.45, 7) is 3.58. The van der Waals surface area contributed by atoms with E-state index in [0.29, 0.717) is 15.6 Å². The number of amides is 1. The molecule has 0 spiro atoms. The number of anilines is 1. The monoisotopic (exact) mass is 215 g/mol. The lowest BCUT2D eigenvalue weighted by Gasteiger charge is -2.02. The van der Waals surface area contributed by atoms with Gasteiger partial charge in [-0.25, -0.2) is 0 Å². The van der Waals surface area contributed by atoms with Crippen molar-refractivity contribution in [3.63, 3.8) is 0 Å². The van der Waals surface area contributed by atoms with E-state index in [1.54, 1.807) is 19.1 Å². The van der Waals surface area contributed by atoms with Gasteiger partial charge in [0.05, 0.1) is 5.69 Å². The minimum absolute atomic E-state index is 0.109. The molecule has 0 saturated heterocycles. The first-order chi connectivity index (χ1) is 6.15. The Kier molecular flexibility index (Phi) is 3.51. The van der Waals surface area contributed by atoms with Gasteiger partial charge in [-0.3, -0.25) is 4.79 Å². The normalized spacial score (nSPS) is 11.5. The van der Waals surface area contributed by atoms with Crippen LogP contribution in [0, 0.1) is 0 Å². The Morgan fingerprint density at radius 3 is 2.85 bits per heavy atom. The Morgan fingerprint density at radius 1 is 1.69 bits per heavy atom. The fourth-order valence-corrected chi connectivity index (χ4v) is 1.57. The lowest BCUT2D eigenvalue weighted by molar-refractivity contribution is -0.112. The largest absolute Gasteiger partial charge is 0.320 e. The van der Waals surface area contributed by atoms with E-state index in [9.17, 15) is 4.79 Å². The highest BCUT2D eigenvalue weighted by Gasteiger charge is 2.06. The highest BCUT2D eigenvalue weighted by molar-refractivity contribution is 7.15. The van der Waals surface area contributed by atoms with Gasteiger partial charge in [0.2, 0.25) is 0 Å². The molecule has 1 N–H and O–H groups in total. The molecule has 0 atom stereocenters. The molecule has 13 heavy (non-hydrogen) atoms. The van der Waals surface area contributed by atoms with Gasteiger partial charge in [0.1, 0.15) is 4.34 Å². The van der Waals surface area contributed by atoms with Gasteiger partial charge in [0.15, 0.2) is 0 Å². The smallest absolute Gasteiger partial charge is 0.251 e. The van der Waals surface area contributed by atoms with E-state index in [2.05, 4.69) is 5.32 Å². The van der Waals surface area contributed by atoms with E-state index in [1.165, 1.54) is 11.3 Å². The fourth-order valence-electron chi connectivity index (χ4n) is 0.734. The molecule has 4 heteroatoms. The number of thiophene rings is 1. The lowest BCUT2D eigenvalue weighted by atomic mass is 10.3. The minimum atomic E-state index is -0.109. The number of halogens is 1. The number of nitrogens with one attached hydrogen (secondary N) is 1. The molecular formula is C9H10ClNOS. The standard InChI is InChI=1S/C9H10ClNOS/c1-3-6(2)9(12)11-7-4-5-13-8(7)10/h3-5H,1-2H3,(H,11,12)/b6-3-. The quantitative estimate of drug-likeness (QED) is 0.754. The molecule has 1 rings (SSSR count). The Labute approximate surface area is 86.2 Å². The van der Waals surface area contributed by atoms with E-state index in [0.717, 1.165) is 0 Å². The fraction of sp³-hybridized carbons (Fsp3) is 0.222. The molecular weight excluding hydrogens is 206 g/mol. The number of hydrogen-bond acceptors (Lipinski definition) is 2. The van der Waals surface area contributed by atoms with Crippen LogP contribution >= 0.6 is 22.9 Å². The maximum Gasteiger partial charge on any atom is 0.251 e. The summed E-state index contributed by atoms with van der Waals surface area (Å²) >= 11 is 7.21. The molecule has 0 radical (unpaired) electrons.